The van der Waals surface area contributed by atoms with E-state index in [0.29, 0.717) is 18.1 Å². The number of thiophene rings is 1. The highest BCUT2D eigenvalue weighted by atomic mass is 32.1. The Labute approximate surface area is 115 Å². The molecule has 104 valence electrons. The summed E-state index contributed by atoms with van der Waals surface area (Å²) in [5, 5.41) is 5.63. The van der Waals surface area contributed by atoms with Crippen molar-refractivity contribution in [1.29, 1.82) is 0 Å². The number of hydrogen-bond donors (Lipinski definition) is 1. The second kappa shape index (κ2) is 7.89. The summed E-state index contributed by atoms with van der Waals surface area (Å²) in [6.07, 6.45) is 0. The van der Waals surface area contributed by atoms with Gasteiger partial charge < -0.3 is 10.1 Å². The molecular formula is C14H26N2OS. The van der Waals surface area contributed by atoms with Crippen LogP contribution in [0.1, 0.15) is 31.7 Å². The first-order valence-electron chi connectivity index (χ1n) is 6.54. The van der Waals surface area contributed by atoms with Crippen molar-refractivity contribution in [3.05, 3.63) is 22.4 Å². The molecule has 4 heteroatoms. The molecule has 1 N–H and O–H groups in total. The van der Waals surface area contributed by atoms with Gasteiger partial charge in [-0.2, -0.15) is 0 Å². The first kappa shape index (κ1) is 15.6. The van der Waals surface area contributed by atoms with Crippen molar-refractivity contribution in [2.45, 2.75) is 38.9 Å². The van der Waals surface area contributed by atoms with Gasteiger partial charge in [0.2, 0.25) is 0 Å². The number of nitrogens with one attached hydrogen (secondary N) is 1. The third kappa shape index (κ3) is 4.69. The van der Waals surface area contributed by atoms with Gasteiger partial charge in [0, 0.05) is 36.7 Å². The molecule has 0 aliphatic rings. The molecule has 2 unspecified atom stereocenters. The third-order valence-corrected chi connectivity index (χ3v) is 4.31. The first-order valence-corrected chi connectivity index (χ1v) is 7.41. The fourth-order valence-corrected chi connectivity index (χ4v) is 2.77. The number of likely N-dealkylation sites (N-methyl/N-ethyl adjacent to an activating group) is 1. The van der Waals surface area contributed by atoms with Gasteiger partial charge in [-0.1, -0.05) is 19.9 Å². The van der Waals surface area contributed by atoms with Gasteiger partial charge in [0.05, 0.1) is 6.61 Å². The van der Waals surface area contributed by atoms with Crippen LogP contribution in [0.2, 0.25) is 0 Å². The Morgan fingerprint density at radius 1 is 1.39 bits per heavy atom. The van der Waals surface area contributed by atoms with E-state index in [1.165, 1.54) is 4.88 Å². The molecule has 0 radical (unpaired) electrons. The Balaban J connectivity index is 2.60. The van der Waals surface area contributed by atoms with Gasteiger partial charge in [0.15, 0.2) is 0 Å². The van der Waals surface area contributed by atoms with Crippen molar-refractivity contribution in [2.75, 3.05) is 27.3 Å². The lowest BCUT2D eigenvalue weighted by Crippen LogP contribution is -2.45. The topological polar surface area (TPSA) is 24.5 Å². The molecule has 0 fully saturated rings. The fraction of sp³-hybridized carbons (Fsp3) is 0.714. The molecule has 0 spiro atoms. The van der Waals surface area contributed by atoms with E-state index in [1.54, 1.807) is 7.11 Å². The van der Waals surface area contributed by atoms with Crippen LogP contribution >= 0.6 is 11.3 Å². The van der Waals surface area contributed by atoms with E-state index in [-0.39, 0.29) is 0 Å². The van der Waals surface area contributed by atoms with Gasteiger partial charge in [-0.3, -0.25) is 4.90 Å². The molecule has 0 aliphatic heterocycles. The Bertz CT molecular complexity index is 314. The number of ether oxygens (including phenoxy) is 1. The van der Waals surface area contributed by atoms with Crippen molar-refractivity contribution < 1.29 is 4.74 Å². The second-order valence-corrected chi connectivity index (χ2v) is 6.01. The Kier molecular flexibility index (Phi) is 6.86. The summed E-state index contributed by atoms with van der Waals surface area (Å²) in [5.74, 6) is 0. The minimum Gasteiger partial charge on any atom is -0.383 e. The average molecular weight is 270 g/mol. The molecule has 0 aliphatic carbocycles. The Morgan fingerprint density at radius 3 is 2.61 bits per heavy atom. The monoisotopic (exact) mass is 270 g/mol. The van der Waals surface area contributed by atoms with E-state index in [0.717, 1.165) is 13.2 Å². The molecule has 18 heavy (non-hydrogen) atoms. The van der Waals surface area contributed by atoms with Gasteiger partial charge in [0.25, 0.3) is 0 Å². The minimum absolute atomic E-state index is 0.398. The molecule has 0 saturated heterocycles. The molecule has 0 aromatic carbocycles. The van der Waals surface area contributed by atoms with E-state index in [4.69, 9.17) is 4.74 Å². The van der Waals surface area contributed by atoms with Crippen molar-refractivity contribution >= 4 is 11.3 Å². The highest BCUT2D eigenvalue weighted by Crippen LogP contribution is 2.24. The van der Waals surface area contributed by atoms with Crippen LogP contribution in [0.5, 0.6) is 0 Å². The van der Waals surface area contributed by atoms with Gasteiger partial charge >= 0.3 is 0 Å². The van der Waals surface area contributed by atoms with E-state index in [9.17, 15) is 0 Å². The normalized spacial score (nSPS) is 15.3. The summed E-state index contributed by atoms with van der Waals surface area (Å²) < 4.78 is 5.35. The predicted molar refractivity (Wildman–Crippen MR) is 79.3 cm³/mol. The Morgan fingerprint density at radius 2 is 2.11 bits per heavy atom. The maximum absolute atomic E-state index is 5.35. The van der Waals surface area contributed by atoms with E-state index in [2.05, 4.69) is 55.5 Å². The average Bonchev–Trinajstić information content (AvgIpc) is 2.86. The van der Waals surface area contributed by atoms with Crippen LogP contribution in [-0.2, 0) is 4.74 Å². The highest BCUT2D eigenvalue weighted by Gasteiger charge is 2.21. The van der Waals surface area contributed by atoms with Gasteiger partial charge in [-0.15, -0.1) is 11.3 Å². The molecule has 1 aromatic heterocycles. The predicted octanol–water partition coefficient (Wildman–Crippen LogP) is 2.75. The zero-order valence-electron chi connectivity index (χ0n) is 12.1. The van der Waals surface area contributed by atoms with Crippen molar-refractivity contribution in [1.82, 2.24) is 10.2 Å². The lowest BCUT2D eigenvalue weighted by Gasteiger charge is -2.33. The summed E-state index contributed by atoms with van der Waals surface area (Å²) in [4.78, 5) is 3.80. The summed E-state index contributed by atoms with van der Waals surface area (Å²) in [5.41, 5.74) is 0. The molecule has 3 nitrogen and oxygen atoms in total. The maximum atomic E-state index is 5.35. The van der Waals surface area contributed by atoms with Crippen molar-refractivity contribution in [3.63, 3.8) is 0 Å². The molecule has 0 bridgehead atoms. The summed E-state index contributed by atoms with van der Waals surface area (Å²) in [7, 11) is 3.95. The van der Waals surface area contributed by atoms with Crippen LogP contribution in [0, 0.1) is 0 Å². The van der Waals surface area contributed by atoms with Crippen LogP contribution in [0.25, 0.3) is 0 Å². The minimum atomic E-state index is 0.398. The largest absolute Gasteiger partial charge is 0.383 e. The summed E-state index contributed by atoms with van der Waals surface area (Å²) >= 11 is 1.82. The fourth-order valence-electron chi connectivity index (χ4n) is 1.93. The standard InChI is InChI=1S/C14H26N2OS/c1-11(2)15-9-13(10-17-5)16(4)12(3)14-7-6-8-18-14/h6-8,11-13,15H,9-10H2,1-5H3. The number of nitrogens with zero attached hydrogens (tertiary/aromatic N) is 1. The highest BCUT2D eigenvalue weighted by molar-refractivity contribution is 7.10. The third-order valence-electron chi connectivity index (χ3n) is 3.26. The second-order valence-electron chi connectivity index (χ2n) is 5.03. The zero-order valence-corrected chi connectivity index (χ0v) is 13.0. The first-order chi connectivity index (χ1) is 8.56. The van der Waals surface area contributed by atoms with Crippen molar-refractivity contribution in [2.24, 2.45) is 0 Å². The van der Waals surface area contributed by atoms with Crippen LogP contribution in [0.3, 0.4) is 0 Å². The van der Waals surface area contributed by atoms with Gasteiger partial charge in [-0.05, 0) is 25.4 Å². The van der Waals surface area contributed by atoms with Crippen LogP contribution < -0.4 is 5.32 Å². The molecule has 1 rings (SSSR count). The van der Waals surface area contributed by atoms with E-state index in [1.807, 2.05) is 11.3 Å². The van der Waals surface area contributed by atoms with Gasteiger partial charge in [0.1, 0.15) is 0 Å². The van der Waals surface area contributed by atoms with E-state index < -0.39 is 0 Å². The lowest BCUT2D eigenvalue weighted by molar-refractivity contribution is 0.0834. The van der Waals surface area contributed by atoms with Crippen LogP contribution in [0.4, 0.5) is 0 Å². The summed E-state index contributed by atoms with van der Waals surface area (Å²) in [6, 6.07) is 5.65. The maximum Gasteiger partial charge on any atom is 0.0630 e. The quantitative estimate of drug-likeness (QED) is 0.786. The Hall–Kier alpha value is -0.420. The van der Waals surface area contributed by atoms with Crippen molar-refractivity contribution in [3.8, 4) is 0 Å². The van der Waals surface area contributed by atoms with Crippen LogP contribution in [-0.4, -0.2) is 44.3 Å². The molecular weight excluding hydrogens is 244 g/mol. The molecule has 0 amide bonds. The SMILES string of the molecule is COCC(CNC(C)C)N(C)C(C)c1cccs1. The zero-order chi connectivity index (χ0) is 13.5. The smallest absolute Gasteiger partial charge is 0.0630 e. The number of methoxy groups -OCH3 is 1. The molecule has 0 saturated carbocycles. The van der Waals surface area contributed by atoms with Gasteiger partial charge in [-0.25, -0.2) is 0 Å². The lowest BCUT2D eigenvalue weighted by atomic mass is 10.1. The molecule has 1 aromatic rings. The molecule has 2 atom stereocenters. The molecule has 1 heterocycles. The number of rotatable bonds is 8. The number of hydrogen-bond acceptors (Lipinski definition) is 4. The van der Waals surface area contributed by atoms with Crippen LogP contribution in [0.15, 0.2) is 17.5 Å². The summed E-state index contributed by atoms with van der Waals surface area (Å²) in [6.45, 7) is 8.31. The van der Waals surface area contributed by atoms with E-state index >= 15 is 0 Å².